The summed E-state index contributed by atoms with van der Waals surface area (Å²) in [4.78, 5) is 37.4. The van der Waals surface area contributed by atoms with Crippen molar-refractivity contribution in [2.24, 2.45) is 0 Å². The van der Waals surface area contributed by atoms with Crippen LogP contribution in [0.4, 0.5) is 4.39 Å². The Labute approximate surface area is 170 Å². The van der Waals surface area contributed by atoms with Crippen LogP contribution >= 0.6 is 11.8 Å². The van der Waals surface area contributed by atoms with Gasteiger partial charge < -0.3 is 0 Å². The van der Waals surface area contributed by atoms with Crippen molar-refractivity contribution < 1.29 is 14.0 Å². The number of fused-ring (bicyclic) bond motifs is 1. The molecule has 150 valence electrons. The maximum atomic E-state index is 13.6. The number of benzene rings is 2. The van der Waals surface area contributed by atoms with E-state index < -0.39 is 17.6 Å². The van der Waals surface area contributed by atoms with Crippen LogP contribution in [0.3, 0.4) is 0 Å². The molecule has 1 aromatic heterocycles. The maximum Gasteiger partial charge on any atom is 0.290 e. The van der Waals surface area contributed by atoms with Gasteiger partial charge in [-0.1, -0.05) is 37.3 Å². The van der Waals surface area contributed by atoms with Gasteiger partial charge in [-0.3, -0.25) is 25.2 Å². The van der Waals surface area contributed by atoms with E-state index in [9.17, 15) is 18.8 Å². The average Bonchev–Trinajstić information content (AvgIpc) is 2.73. The number of amides is 2. The minimum Gasteiger partial charge on any atom is -0.272 e. The molecular formula is C20H19FN4O3S. The number of thioether (sulfide) groups is 1. The summed E-state index contributed by atoms with van der Waals surface area (Å²) in [5.41, 5.74) is 4.36. The molecule has 3 rings (SSSR count). The summed E-state index contributed by atoms with van der Waals surface area (Å²) >= 11 is 1.02. The van der Waals surface area contributed by atoms with Gasteiger partial charge in [0.05, 0.1) is 11.1 Å². The van der Waals surface area contributed by atoms with Crippen LogP contribution in [0.25, 0.3) is 10.8 Å². The zero-order valence-electron chi connectivity index (χ0n) is 15.6. The number of hydrazine groups is 1. The molecule has 1 heterocycles. The Balaban J connectivity index is 1.71. The number of aryl methyl sites for hydroxylation is 1. The van der Waals surface area contributed by atoms with E-state index in [1.807, 2.05) is 6.92 Å². The topological polar surface area (TPSA) is 93.1 Å². The molecule has 0 unspecified atom stereocenters. The fourth-order valence-electron chi connectivity index (χ4n) is 2.69. The molecule has 2 aromatic carbocycles. The predicted molar refractivity (Wildman–Crippen MR) is 109 cm³/mol. The maximum absolute atomic E-state index is 13.6. The SMILES string of the molecule is CCCn1nc(C(=O)NNC(=O)CSc2ccccc2F)c2ccccc2c1=O. The van der Waals surface area contributed by atoms with Gasteiger partial charge in [0.15, 0.2) is 5.69 Å². The highest BCUT2D eigenvalue weighted by Crippen LogP contribution is 2.20. The Hall–Kier alpha value is -3.20. The highest BCUT2D eigenvalue weighted by molar-refractivity contribution is 8.00. The Morgan fingerprint density at radius 2 is 1.76 bits per heavy atom. The third kappa shape index (κ3) is 4.80. The van der Waals surface area contributed by atoms with Gasteiger partial charge in [0.1, 0.15) is 5.82 Å². The van der Waals surface area contributed by atoms with Gasteiger partial charge in [0.25, 0.3) is 11.5 Å². The van der Waals surface area contributed by atoms with Crippen LogP contribution < -0.4 is 16.4 Å². The van der Waals surface area contributed by atoms with Gasteiger partial charge in [0, 0.05) is 16.8 Å². The van der Waals surface area contributed by atoms with Crippen LogP contribution in [0.1, 0.15) is 23.8 Å². The highest BCUT2D eigenvalue weighted by atomic mass is 32.2. The van der Waals surface area contributed by atoms with Gasteiger partial charge in [-0.15, -0.1) is 11.8 Å². The number of halogens is 1. The molecule has 0 aliphatic heterocycles. The fourth-order valence-corrected chi connectivity index (χ4v) is 3.43. The van der Waals surface area contributed by atoms with E-state index in [0.717, 1.165) is 11.8 Å². The molecule has 0 atom stereocenters. The van der Waals surface area contributed by atoms with Gasteiger partial charge >= 0.3 is 0 Å². The van der Waals surface area contributed by atoms with Gasteiger partial charge in [0.2, 0.25) is 5.91 Å². The number of nitrogens with zero attached hydrogens (tertiary/aromatic N) is 2. The number of hydrogen-bond donors (Lipinski definition) is 2. The summed E-state index contributed by atoms with van der Waals surface area (Å²) < 4.78 is 14.8. The zero-order valence-corrected chi connectivity index (χ0v) is 16.5. The molecule has 9 heteroatoms. The van der Waals surface area contributed by atoms with Crippen molar-refractivity contribution in [1.82, 2.24) is 20.6 Å². The summed E-state index contributed by atoms with van der Waals surface area (Å²) in [5.74, 6) is -1.64. The van der Waals surface area contributed by atoms with Crippen molar-refractivity contribution in [3.05, 3.63) is 70.4 Å². The first kappa shape index (κ1) is 20.5. The number of aromatic nitrogens is 2. The summed E-state index contributed by atoms with van der Waals surface area (Å²) in [6.07, 6.45) is 0.677. The standard InChI is InChI=1S/C20H19FN4O3S/c1-2-11-25-20(28)14-8-4-3-7-13(14)18(24-25)19(27)23-22-17(26)12-29-16-10-6-5-9-15(16)21/h3-10H,2,11-12H2,1H3,(H,22,26)(H,23,27). The number of nitrogens with one attached hydrogen (secondary N) is 2. The lowest BCUT2D eigenvalue weighted by Crippen LogP contribution is -2.43. The van der Waals surface area contributed by atoms with Crippen molar-refractivity contribution in [3.63, 3.8) is 0 Å². The molecule has 0 spiro atoms. The Morgan fingerprint density at radius 1 is 1.07 bits per heavy atom. The minimum absolute atomic E-state index is 0.0377. The van der Waals surface area contributed by atoms with E-state index in [0.29, 0.717) is 28.6 Å². The Kier molecular flexibility index (Phi) is 6.61. The second-order valence-corrected chi connectivity index (χ2v) is 7.16. The monoisotopic (exact) mass is 414 g/mol. The number of carbonyl (C=O) groups is 2. The van der Waals surface area contributed by atoms with Crippen LogP contribution in [0, 0.1) is 5.82 Å². The first-order valence-electron chi connectivity index (χ1n) is 8.97. The Bertz CT molecular complexity index is 1120. The van der Waals surface area contributed by atoms with E-state index in [2.05, 4.69) is 16.0 Å². The van der Waals surface area contributed by atoms with Crippen LogP contribution in [0.2, 0.25) is 0 Å². The minimum atomic E-state index is -0.643. The largest absolute Gasteiger partial charge is 0.290 e. The smallest absolute Gasteiger partial charge is 0.272 e. The number of carbonyl (C=O) groups excluding carboxylic acids is 2. The molecule has 0 saturated carbocycles. The predicted octanol–water partition coefficient (Wildman–Crippen LogP) is 2.50. The summed E-state index contributed by atoms with van der Waals surface area (Å²) in [6.45, 7) is 2.27. The lowest BCUT2D eigenvalue weighted by atomic mass is 10.1. The van der Waals surface area contributed by atoms with Crippen LogP contribution in [-0.4, -0.2) is 27.3 Å². The van der Waals surface area contributed by atoms with Crippen molar-refractivity contribution in [2.75, 3.05) is 5.75 Å². The quantitative estimate of drug-likeness (QED) is 0.478. The number of rotatable bonds is 6. The first-order chi connectivity index (χ1) is 14.0. The molecule has 3 aromatic rings. The molecule has 7 nitrogen and oxygen atoms in total. The normalized spacial score (nSPS) is 10.7. The number of hydrogen-bond acceptors (Lipinski definition) is 5. The first-order valence-corrected chi connectivity index (χ1v) is 9.96. The van der Waals surface area contributed by atoms with Crippen molar-refractivity contribution >= 4 is 34.3 Å². The van der Waals surface area contributed by atoms with Crippen LogP contribution in [-0.2, 0) is 11.3 Å². The third-order valence-electron chi connectivity index (χ3n) is 4.03. The molecular weight excluding hydrogens is 395 g/mol. The highest BCUT2D eigenvalue weighted by Gasteiger charge is 2.17. The molecule has 2 N–H and O–H groups in total. The second kappa shape index (κ2) is 9.33. The Morgan fingerprint density at radius 3 is 2.48 bits per heavy atom. The van der Waals surface area contributed by atoms with E-state index in [1.54, 1.807) is 42.5 Å². The zero-order chi connectivity index (χ0) is 20.8. The molecule has 0 aliphatic carbocycles. The third-order valence-corrected chi connectivity index (χ3v) is 5.08. The average molecular weight is 414 g/mol. The molecule has 0 saturated heterocycles. The molecule has 0 radical (unpaired) electrons. The molecule has 0 bridgehead atoms. The van der Waals surface area contributed by atoms with Crippen LogP contribution in [0.5, 0.6) is 0 Å². The fraction of sp³-hybridized carbons (Fsp3) is 0.200. The summed E-state index contributed by atoms with van der Waals surface area (Å²) in [6, 6.07) is 12.8. The van der Waals surface area contributed by atoms with Crippen molar-refractivity contribution in [3.8, 4) is 0 Å². The van der Waals surface area contributed by atoms with E-state index in [1.165, 1.54) is 10.7 Å². The van der Waals surface area contributed by atoms with Crippen LogP contribution in [0.15, 0.2) is 58.2 Å². The van der Waals surface area contributed by atoms with Gasteiger partial charge in [-0.25, -0.2) is 9.07 Å². The lowest BCUT2D eigenvalue weighted by molar-refractivity contribution is -0.119. The van der Waals surface area contributed by atoms with E-state index in [-0.39, 0.29) is 17.0 Å². The van der Waals surface area contributed by atoms with Gasteiger partial charge in [-0.2, -0.15) is 5.10 Å². The molecule has 0 fully saturated rings. The van der Waals surface area contributed by atoms with E-state index >= 15 is 0 Å². The summed E-state index contributed by atoms with van der Waals surface area (Å²) in [7, 11) is 0. The second-order valence-electron chi connectivity index (χ2n) is 6.14. The molecule has 0 aliphatic rings. The van der Waals surface area contributed by atoms with Crippen molar-refractivity contribution in [2.45, 2.75) is 24.8 Å². The lowest BCUT2D eigenvalue weighted by Gasteiger charge is -2.11. The molecule has 2 amide bonds. The molecule has 29 heavy (non-hydrogen) atoms. The van der Waals surface area contributed by atoms with Crippen molar-refractivity contribution in [1.29, 1.82) is 0 Å². The summed E-state index contributed by atoms with van der Waals surface area (Å²) in [5, 5.41) is 4.94. The van der Waals surface area contributed by atoms with E-state index in [4.69, 9.17) is 0 Å². The van der Waals surface area contributed by atoms with Gasteiger partial charge in [-0.05, 0) is 24.6 Å².